The van der Waals surface area contributed by atoms with E-state index in [2.05, 4.69) is 21.9 Å². The predicted molar refractivity (Wildman–Crippen MR) is 61.6 cm³/mol. The van der Waals surface area contributed by atoms with Crippen LogP contribution in [-0.4, -0.2) is 41.2 Å². The Morgan fingerprint density at radius 3 is 3.06 bits per heavy atom. The highest BCUT2D eigenvalue weighted by Gasteiger charge is 2.07. The van der Waals surface area contributed by atoms with Gasteiger partial charge in [0, 0.05) is 19.7 Å². The third-order valence-corrected chi connectivity index (χ3v) is 1.84. The number of carboxylic acid groups (broad SMARTS) is 1. The molecule has 1 aromatic heterocycles. The van der Waals surface area contributed by atoms with Crippen LogP contribution in [0.25, 0.3) is 0 Å². The summed E-state index contributed by atoms with van der Waals surface area (Å²) in [5.41, 5.74) is 0. The topological polar surface area (TPSA) is 78.4 Å². The fourth-order valence-corrected chi connectivity index (χ4v) is 1.11. The lowest BCUT2D eigenvalue weighted by Gasteiger charge is -2.15. The highest BCUT2D eigenvalue weighted by atomic mass is 16.4. The summed E-state index contributed by atoms with van der Waals surface area (Å²) in [7, 11) is 1.66. The molecule has 0 spiro atoms. The Bertz CT molecular complexity index is 381. The van der Waals surface area contributed by atoms with Gasteiger partial charge in [-0.05, 0) is 0 Å². The Balaban J connectivity index is 2.72. The van der Waals surface area contributed by atoms with Crippen LogP contribution in [0.3, 0.4) is 0 Å². The van der Waals surface area contributed by atoms with E-state index >= 15 is 0 Å². The van der Waals surface area contributed by atoms with Gasteiger partial charge in [0.25, 0.3) is 0 Å². The van der Waals surface area contributed by atoms with Crippen molar-refractivity contribution in [1.82, 2.24) is 9.97 Å². The minimum Gasteiger partial charge on any atom is -0.480 e. The Morgan fingerprint density at radius 1 is 1.69 bits per heavy atom. The summed E-state index contributed by atoms with van der Waals surface area (Å²) in [6.07, 6.45) is 3.10. The molecule has 1 aromatic rings. The van der Waals surface area contributed by atoms with E-state index in [1.54, 1.807) is 19.2 Å². The molecule has 0 aliphatic rings. The molecule has 1 heterocycles. The van der Waals surface area contributed by atoms with Crippen LogP contribution in [0.4, 0.5) is 11.6 Å². The SMILES string of the molecule is C=CCNc1cc(N(C)CC(=O)O)ncn1. The molecule has 0 atom stereocenters. The molecule has 0 saturated carbocycles. The number of aliphatic carboxylic acids is 1. The van der Waals surface area contributed by atoms with Crippen molar-refractivity contribution in [3.8, 4) is 0 Å². The largest absolute Gasteiger partial charge is 0.480 e. The molecule has 16 heavy (non-hydrogen) atoms. The molecule has 0 unspecified atom stereocenters. The molecule has 0 radical (unpaired) electrons. The Kier molecular flexibility index (Phi) is 4.26. The van der Waals surface area contributed by atoms with Gasteiger partial charge in [-0.1, -0.05) is 6.08 Å². The third-order valence-electron chi connectivity index (χ3n) is 1.84. The fourth-order valence-electron chi connectivity index (χ4n) is 1.11. The van der Waals surface area contributed by atoms with Crippen molar-refractivity contribution in [2.75, 3.05) is 30.4 Å². The number of rotatable bonds is 6. The number of nitrogens with zero attached hydrogens (tertiary/aromatic N) is 3. The van der Waals surface area contributed by atoms with Gasteiger partial charge in [-0.25, -0.2) is 9.97 Å². The van der Waals surface area contributed by atoms with Crippen LogP contribution in [0.2, 0.25) is 0 Å². The van der Waals surface area contributed by atoms with Crippen LogP contribution in [-0.2, 0) is 4.79 Å². The summed E-state index contributed by atoms with van der Waals surface area (Å²) < 4.78 is 0. The van der Waals surface area contributed by atoms with Crippen LogP contribution in [0.5, 0.6) is 0 Å². The number of carboxylic acids is 1. The zero-order valence-corrected chi connectivity index (χ0v) is 9.05. The molecule has 0 aromatic carbocycles. The van der Waals surface area contributed by atoms with Crippen LogP contribution in [0, 0.1) is 0 Å². The summed E-state index contributed by atoms with van der Waals surface area (Å²) in [5, 5.41) is 11.6. The Morgan fingerprint density at radius 2 is 2.44 bits per heavy atom. The van der Waals surface area contributed by atoms with Gasteiger partial charge < -0.3 is 15.3 Å². The first kappa shape index (κ1) is 12.0. The average molecular weight is 222 g/mol. The van der Waals surface area contributed by atoms with E-state index in [0.717, 1.165) is 0 Å². The van der Waals surface area contributed by atoms with Crippen LogP contribution in [0.1, 0.15) is 0 Å². The van der Waals surface area contributed by atoms with Crippen molar-refractivity contribution in [3.05, 3.63) is 25.0 Å². The average Bonchev–Trinajstić information content (AvgIpc) is 2.26. The van der Waals surface area contributed by atoms with Gasteiger partial charge in [0.05, 0.1) is 0 Å². The number of carbonyl (C=O) groups is 1. The molecule has 0 aliphatic heterocycles. The first-order valence-electron chi connectivity index (χ1n) is 4.73. The molecule has 1 rings (SSSR count). The standard InChI is InChI=1S/C10H14N4O2/c1-3-4-11-8-5-9(13-7-12-8)14(2)6-10(15)16/h3,5,7H,1,4,6H2,2H3,(H,15,16)(H,11,12,13). The lowest BCUT2D eigenvalue weighted by atomic mass is 10.4. The fraction of sp³-hybridized carbons (Fsp3) is 0.300. The number of anilines is 2. The molecular formula is C10H14N4O2. The second-order valence-electron chi connectivity index (χ2n) is 3.18. The maximum absolute atomic E-state index is 10.5. The maximum Gasteiger partial charge on any atom is 0.323 e. The summed E-state index contributed by atoms with van der Waals surface area (Å²) >= 11 is 0. The summed E-state index contributed by atoms with van der Waals surface area (Å²) in [6, 6.07) is 1.69. The molecule has 6 heteroatoms. The minimum absolute atomic E-state index is 0.0993. The van der Waals surface area contributed by atoms with Gasteiger partial charge >= 0.3 is 5.97 Å². The van der Waals surface area contributed by atoms with Crippen LogP contribution >= 0.6 is 0 Å². The Hall–Kier alpha value is -2.11. The van der Waals surface area contributed by atoms with Crippen LogP contribution in [0.15, 0.2) is 25.0 Å². The highest BCUT2D eigenvalue weighted by molar-refractivity contribution is 5.73. The molecule has 6 nitrogen and oxygen atoms in total. The highest BCUT2D eigenvalue weighted by Crippen LogP contribution is 2.11. The van der Waals surface area contributed by atoms with Crippen molar-refractivity contribution >= 4 is 17.6 Å². The molecule has 0 amide bonds. The zero-order valence-electron chi connectivity index (χ0n) is 9.05. The summed E-state index contributed by atoms with van der Waals surface area (Å²) in [6.45, 7) is 4.08. The van der Waals surface area contributed by atoms with Crippen molar-refractivity contribution in [2.24, 2.45) is 0 Å². The molecule has 86 valence electrons. The number of nitrogens with one attached hydrogen (secondary N) is 1. The lowest BCUT2D eigenvalue weighted by Crippen LogP contribution is -2.26. The van der Waals surface area contributed by atoms with Gasteiger partial charge in [0.1, 0.15) is 24.5 Å². The molecule has 0 aliphatic carbocycles. The predicted octanol–water partition coefficient (Wildman–Crippen LogP) is 0.595. The second-order valence-corrected chi connectivity index (χ2v) is 3.18. The van der Waals surface area contributed by atoms with E-state index in [9.17, 15) is 4.79 Å². The van der Waals surface area contributed by atoms with E-state index in [4.69, 9.17) is 5.11 Å². The Labute approximate surface area is 93.6 Å². The summed E-state index contributed by atoms with van der Waals surface area (Å²) in [5.74, 6) is 0.299. The van der Waals surface area contributed by atoms with E-state index in [1.807, 2.05) is 0 Å². The van der Waals surface area contributed by atoms with Crippen LogP contribution < -0.4 is 10.2 Å². The number of aromatic nitrogens is 2. The van der Waals surface area contributed by atoms with Gasteiger partial charge in [0.15, 0.2) is 0 Å². The number of hydrogen-bond donors (Lipinski definition) is 2. The molecule has 2 N–H and O–H groups in total. The van der Waals surface area contributed by atoms with E-state index in [0.29, 0.717) is 18.2 Å². The van der Waals surface area contributed by atoms with Gasteiger partial charge in [-0.15, -0.1) is 6.58 Å². The second kappa shape index (κ2) is 5.69. The smallest absolute Gasteiger partial charge is 0.323 e. The maximum atomic E-state index is 10.5. The summed E-state index contributed by atoms with van der Waals surface area (Å²) in [4.78, 5) is 20.0. The number of likely N-dealkylation sites (N-methyl/N-ethyl adjacent to an activating group) is 1. The van der Waals surface area contributed by atoms with E-state index in [1.165, 1.54) is 11.2 Å². The van der Waals surface area contributed by atoms with E-state index < -0.39 is 5.97 Å². The monoisotopic (exact) mass is 222 g/mol. The van der Waals surface area contributed by atoms with Crippen molar-refractivity contribution in [1.29, 1.82) is 0 Å². The van der Waals surface area contributed by atoms with Gasteiger partial charge in [-0.2, -0.15) is 0 Å². The third kappa shape index (κ3) is 3.56. The minimum atomic E-state index is -0.901. The van der Waals surface area contributed by atoms with Crippen molar-refractivity contribution in [3.63, 3.8) is 0 Å². The normalized spacial score (nSPS) is 9.56. The first-order valence-corrected chi connectivity index (χ1v) is 4.73. The van der Waals surface area contributed by atoms with Gasteiger partial charge in [-0.3, -0.25) is 4.79 Å². The first-order chi connectivity index (χ1) is 7.63. The zero-order chi connectivity index (χ0) is 12.0. The van der Waals surface area contributed by atoms with Crippen molar-refractivity contribution < 1.29 is 9.90 Å². The molecule has 0 bridgehead atoms. The lowest BCUT2D eigenvalue weighted by molar-refractivity contribution is -0.135. The van der Waals surface area contributed by atoms with Crippen molar-refractivity contribution in [2.45, 2.75) is 0 Å². The van der Waals surface area contributed by atoms with E-state index in [-0.39, 0.29) is 6.54 Å². The molecular weight excluding hydrogens is 208 g/mol. The quantitative estimate of drug-likeness (QED) is 0.686. The molecule has 0 fully saturated rings. The molecule has 0 saturated heterocycles. The number of hydrogen-bond acceptors (Lipinski definition) is 5. The van der Waals surface area contributed by atoms with Gasteiger partial charge in [0.2, 0.25) is 0 Å².